The van der Waals surface area contributed by atoms with E-state index >= 15 is 0 Å². The number of unbranched alkanes of at least 4 members (excludes halogenated alkanes) is 8. The predicted octanol–water partition coefficient (Wildman–Crippen LogP) is 5.83. The van der Waals surface area contributed by atoms with Crippen molar-refractivity contribution in [1.82, 2.24) is 0 Å². The van der Waals surface area contributed by atoms with Crippen LogP contribution in [0.5, 0.6) is 0 Å². The van der Waals surface area contributed by atoms with Crippen molar-refractivity contribution in [2.75, 3.05) is 41.0 Å². The van der Waals surface area contributed by atoms with E-state index < -0.39 is 18.1 Å². The first-order valence-electron chi connectivity index (χ1n) is 15.7. The fourth-order valence-corrected chi connectivity index (χ4v) is 4.23. The maximum Gasteiger partial charge on any atom is 0.305 e. The smallest absolute Gasteiger partial charge is 0.305 e. The van der Waals surface area contributed by atoms with Crippen LogP contribution < -0.4 is 5.11 Å². The third kappa shape index (κ3) is 26.4. The molecule has 0 bridgehead atoms. The Morgan fingerprint density at radius 1 is 0.756 bits per heavy atom. The largest absolute Gasteiger partial charge is 0.544 e. The number of carboxylic acid groups (broad SMARTS) is 1. The van der Waals surface area contributed by atoms with Gasteiger partial charge in [0.25, 0.3) is 0 Å². The summed E-state index contributed by atoms with van der Waals surface area (Å²) < 4.78 is 10.7. The van der Waals surface area contributed by atoms with Crippen LogP contribution in [0.3, 0.4) is 0 Å². The van der Waals surface area contributed by atoms with Crippen molar-refractivity contribution < 1.29 is 33.8 Å². The Labute approximate surface area is 250 Å². The molecule has 0 saturated heterocycles. The number of nitrogens with zero attached hydrogens (tertiary/aromatic N) is 1. The molecule has 0 fully saturated rings. The van der Waals surface area contributed by atoms with Gasteiger partial charge in [0.05, 0.1) is 40.3 Å². The van der Waals surface area contributed by atoms with Gasteiger partial charge in [0.15, 0.2) is 0 Å². The molecule has 0 aliphatic heterocycles. The summed E-state index contributed by atoms with van der Waals surface area (Å²) in [7, 11) is 5.35. The summed E-state index contributed by atoms with van der Waals surface area (Å²) in [5, 5.41) is 21.2. The zero-order chi connectivity index (χ0) is 30.6. The van der Waals surface area contributed by atoms with E-state index in [1.54, 1.807) is 21.1 Å². The van der Waals surface area contributed by atoms with Crippen molar-refractivity contribution in [3.05, 3.63) is 48.6 Å². The van der Waals surface area contributed by atoms with Crippen LogP contribution in [0.1, 0.15) is 103 Å². The molecule has 2 unspecified atom stereocenters. The molecule has 0 heterocycles. The van der Waals surface area contributed by atoms with Gasteiger partial charge < -0.3 is 29.0 Å². The molecule has 0 aliphatic carbocycles. The van der Waals surface area contributed by atoms with Gasteiger partial charge in [-0.25, -0.2) is 0 Å². The van der Waals surface area contributed by atoms with Gasteiger partial charge in [-0.2, -0.15) is 0 Å². The van der Waals surface area contributed by atoms with Crippen LogP contribution in [0.2, 0.25) is 0 Å². The highest BCUT2D eigenvalue weighted by Gasteiger charge is 2.24. The second kappa shape index (κ2) is 26.7. The van der Waals surface area contributed by atoms with E-state index in [4.69, 9.17) is 9.47 Å². The fraction of sp³-hybridized carbons (Fsp3) is 0.706. The van der Waals surface area contributed by atoms with Crippen LogP contribution in [-0.4, -0.2) is 74.6 Å². The summed E-state index contributed by atoms with van der Waals surface area (Å²) in [5.74, 6) is -1.42. The highest BCUT2D eigenvalue weighted by atomic mass is 16.5. The molecule has 0 spiro atoms. The number of ether oxygens (including phenoxy) is 2. The third-order valence-electron chi connectivity index (χ3n) is 6.71. The van der Waals surface area contributed by atoms with Crippen LogP contribution in [0, 0.1) is 0 Å². The number of carboxylic acids is 1. The SMILES string of the molecule is CC/C=C\C/C=C\C/C=C\C/C=C\CCCCCCCCCCC(=O)OCC(O)COCCC(C(=O)[O-])[N+](C)(C)C. The standard InChI is InChI=1S/C34H59NO6/c1-5-6-7-8-9-10-11-12-13-14-15-16-17-18-19-20-21-22-23-24-25-26-33(37)41-30-31(36)29-40-28-27-32(34(38)39)35(2,3)4/h6-7,9-10,12-13,15-16,31-32,36H,5,8,11,14,17-30H2,1-4H3/b7-6-,10-9-,13-12-,16-15-. The van der Waals surface area contributed by atoms with E-state index in [0.29, 0.717) is 6.42 Å². The zero-order valence-electron chi connectivity index (χ0n) is 26.4. The third-order valence-corrected chi connectivity index (χ3v) is 6.71. The van der Waals surface area contributed by atoms with Crippen molar-refractivity contribution >= 4 is 11.9 Å². The molecular formula is C34H59NO6. The lowest BCUT2D eigenvalue weighted by atomic mass is 10.1. The minimum Gasteiger partial charge on any atom is -0.544 e. The van der Waals surface area contributed by atoms with Crippen LogP contribution in [-0.2, 0) is 19.1 Å². The number of aliphatic hydroxyl groups excluding tert-OH is 1. The molecule has 0 saturated carbocycles. The molecule has 236 valence electrons. The van der Waals surface area contributed by atoms with E-state index in [9.17, 15) is 19.8 Å². The topological polar surface area (TPSA) is 95.9 Å². The zero-order valence-corrected chi connectivity index (χ0v) is 26.4. The Balaban J connectivity index is 3.55. The number of hydrogen-bond acceptors (Lipinski definition) is 6. The van der Waals surface area contributed by atoms with Gasteiger partial charge in [0, 0.05) is 12.8 Å². The molecule has 0 radical (unpaired) electrons. The lowest BCUT2D eigenvalue weighted by Crippen LogP contribution is -2.55. The number of aliphatic carboxylic acids is 1. The quantitative estimate of drug-likeness (QED) is 0.0571. The molecule has 0 rings (SSSR count). The van der Waals surface area contributed by atoms with Crippen molar-refractivity contribution in [2.24, 2.45) is 0 Å². The lowest BCUT2D eigenvalue weighted by molar-refractivity contribution is -0.889. The van der Waals surface area contributed by atoms with Crippen LogP contribution in [0.4, 0.5) is 0 Å². The molecule has 0 aliphatic rings. The first-order chi connectivity index (χ1) is 19.7. The van der Waals surface area contributed by atoms with Crippen molar-refractivity contribution in [3.8, 4) is 0 Å². The molecule has 2 atom stereocenters. The average molecular weight is 578 g/mol. The summed E-state index contributed by atoms with van der Waals surface area (Å²) in [6.45, 7) is 2.22. The molecule has 0 amide bonds. The molecule has 7 heteroatoms. The van der Waals surface area contributed by atoms with E-state index in [2.05, 4.69) is 55.5 Å². The van der Waals surface area contributed by atoms with Crippen LogP contribution in [0.25, 0.3) is 0 Å². The Bertz CT molecular complexity index is 766. The molecule has 7 nitrogen and oxygen atoms in total. The maximum absolute atomic E-state index is 11.9. The van der Waals surface area contributed by atoms with Gasteiger partial charge in [-0.1, -0.05) is 94.1 Å². The molecule has 0 aromatic heterocycles. The lowest BCUT2D eigenvalue weighted by Gasteiger charge is -2.34. The van der Waals surface area contributed by atoms with Crippen molar-refractivity contribution in [1.29, 1.82) is 0 Å². The number of hydrogen-bond donors (Lipinski definition) is 1. The van der Waals surface area contributed by atoms with Crippen molar-refractivity contribution in [2.45, 2.75) is 115 Å². The minimum absolute atomic E-state index is 0.00632. The van der Waals surface area contributed by atoms with E-state index in [0.717, 1.165) is 51.4 Å². The average Bonchev–Trinajstić information content (AvgIpc) is 2.91. The van der Waals surface area contributed by atoms with Gasteiger partial charge in [0.1, 0.15) is 18.8 Å². The van der Waals surface area contributed by atoms with Gasteiger partial charge >= 0.3 is 5.97 Å². The van der Waals surface area contributed by atoms with Gasteiger partial charge in [-0.15, -0.1) is 0 Å². The van der Waals surface area contributed by atoms with Gasteiger partial charge in [-0.3, -0.25) is 4.79 Å². The minimum atomic E-state index is -1.12. The molecule has 1 N–H and O–H groups in total. The molecule has 0 aromatic carbocycles. The summed E-state index contributed by atoms with van der Waals surface area (Å²) in [4.78, 5) is 23.1. The Morgan fingerprint density at radius 3 is 1.80 bits per heavy atom. The van der Waals surface area contributed by atoms with E-state index in [1.165, 1.54) is 32.1 Å². The van der Waals surface area contributed by atoms with Gasteiger partial charge in [-0.05, 0) is 44.9 Å². The molecular weight excluding hydrogens is 518 g/mol. The number of carbonyl (C=O) groups excluding carboxylic acids is 2. The fourth-order valence-electron chi connectivity index (χ4n) is 4.23. The number of carbonyl (C=O) groups is 2. The van der Waals surface area contributed by atoms with Gasteiger partial charge in [0.2, 0.25) is 0 Å². The van der Waals surface area contributed by atoms with Crippen LogP contribution in [0.15, 0.2) is 48.6 Å². The number of aliphatic hydroxyl groups is 1. The first kappa shape index (κ1) is 38.8. The number of likely N-dealkylation sites (N-methyl/N-ethyl adjacent to an activating group) is 1. The first-order valence-corrected chi connectivity index (χ1v) is 15.7. The Hall–Kier alpha value is -2.22. The summed E-state index contributed by atoms with van der Waals surface area (Å²) >= 11 is 0. The maximum atomic E-state index is 11.9. The summed E-state index contributed by atoms with van der Waals surface area (Å²) in [6, 6.07) is -0.688. The number of esters is 1. The number of rotatable bonds is 27. The molecule has 0 aromatic rings. The second-order valence-electron chi connectivity index (χ2n) is 11.5. The number of quaternary nitrogens is 1. The van der Waals surface area contributed by atoms with E-state index in [1.807, 2.05) is 0 Å². The summed E-state index contributed by atoms with van der Waals surface area (Å²) in [5.41, 5.74) is 0. The summed E-state index contributed by atoms with van der Waals surface area (Å²) in [6.07, 6.45) is 32.0. The second-order valence-corrected chi connectivity index (χ2v) is 11.5. The normalized spacial score (nSPS) is 14.1. The Morgan fingerprint density at radius 2 is 1.27 bits per heavy atom. The highest BCUT2D eigenvalue weighted by Crippen LogP contribution is 2.12. The molecule has 41 heavy (non-hydrogen) atoms. The highest BCUT2D eigenvalue weighted by molar-refractivity contribution is 5.69. The van der Waals surface area contributed by atoms with E-state index in [-0.39, 0.29) is 36.7 Å². The monoisotopic (exact) mass is 577 g/mol. The number of allylic oxidation sites excluding steroid dienone is 8. The van der Waals surface area contributed by atoms with Crippen LogP contribution >= 0.6 is 0 Å². The van der Waals surface area contributed by atoms with Crippen molar-refractivity contribution in [3.63, 3.8) is 0 Å². The predicted molar refractivity (Wildman–Crippen MR) is 166 cm³/mol. The Kier molecular flexibility index (Phi) is 25.2.